The quantitative estimate of drug-likeness (QED) is 0.329. The number of nitrogens with one attached hydrogen (secondary N) is 2. The Labute approximate surface area is 233 Å². The number of carbonyl (C=O) groups is 1. The Morgan fingerprint density at radius 3 is 2.40 bits per heavy atom. The van der Waals surface area contributed by atoms with E-state index in [1.54, 1.807) is 36.0 Å². The highest BCUT2D eigenvalue weighted by molar-refractivity contribution is 5.93. The van der Waals surface area contributed by atoms with Crippen molar-refractivity contribution in [3.63, 3.8) is 0 Å². The molecule has 0 spiro atoms. The number of rotatable bonds is 7. The zero-order valence-electron chi connectivity index (χ0n) is 22.5. The fraction of sp³-hybridized carbons (Fsp3) is 0.250. The van der Waals surface area contributed by atoms with Gasteiger partial charge in [0, 0.05) is 43.6 Å². The van der Waals surface area contributed by atoms with Gasteiger partial charge in [0.1, 0.15) is 11.9 Å². The molecule has 1 aliphatic rings. The second-order valence-corrected chi connectivity index (χ2v) is 10.1. The Hall–Kier alpha value is -4.90. The van der Waals surface area contributed by atoms with Gasteiger partial charge in [0.15, 0.2) is 0 Å². The zero-order valence-corrected chi connectivity index (χ0v) is 22.5. The average Bonchev–Trinajstić information content (AvgIpc) is 3.00. The summed E-state index contributed by atoms with van der Waals surface area (Å²) >= 11 is 0. The highest BCUT2D eigenvalue weighted by Gasteiger charge is 2.30. The fourth-order valence-corrected chi connectivity index (χ4v) is 5.23. The van der Waals surface area contributed by atoms with Crippen molar-refractivity contribution in [2.45, 2.75) is 44.3 Å². The number of anilines is 2. The van der Waals surface area contributed by atoms with Crippen LogP contribution in [0.25, 0.3) is 11.3 Å². The maximum Gasteiger partial charge on any atom is 0.322 e. The van der Waals surface area contributed by atoms with Crippen molar-refractivity contribution in [2.24, 2.45) is 7.05 Å². The molecule has 0 aliphatic heterocycles. The molecule has 1 fully saturated rings. The van der Waals surface area contributed by atoms with Crippen molar-refractivity contribution in [3.05, 3.63) is 113 Å². The summed E-state index contributed by atoms with van der Waals surface area (Å²) in [5.41, 5.74) is 4.06. The minimum absolute atomic E-state index is 0.0367. The van der Waals surface area contributed by atoms with Gasteiger partial charge in [0.2, 0.25) is 0 Å². The highest BCUT2D eigenvalue weighted by Crippen LogP contribution is 2.31. The third-order valence-electron chi connectivity index (χ3n) is 7.44. The first kappa shape index (κ1) is 26.7. The van der Waals surface area contributed by atoms with Crippen LogP contribution in [0.2, 0.25) is 0 Å². The van der Waals surface area contributed by atoms with Gasteiger partial charge in [-0.2, -0.15) is 5.26 Å². The third-order valence-corrected chi connectivity index (χ3v) is 7.44. The molecule has 8 nitrogen and oxygen atoms in total. The SMILES string of the molecule is Cn1c(-c2ccc(N(C(=O)NCc3ccccc3)C3CCC(Nc4ccc(C#N)cn4)CC3)cc2)cccc1=O. The maximum absolute atomic E-state index is 13.6. The molecule has 2 N–H and O–H groups in total. The molecule has 1 saturated carbocycles. The van der Waals surface area contributed by atoms with Crippen molar-refractivity contribution in [1.82, 2.24) is 14.9 Å². The number of benzene rings is 2. The number of nitriles is 1. The molecular formula is C32H32N6O2. The van der Waals surface area contributed by atoms with Crippen LogP contribution in [0.15, 0.2) is 95.9 Å². The van der Waals surface area contributed by atoms with E-state index < -0.39 is 0 Å². The minimum atomic E-state index is -0.131. The lowest BCUT2D eigenvalue weighted by Crippen LogP contribution is -2.48. The summed E-state index contributed by atoms with van der Waals surface area (Å²) in [5, 5.41) is 15.6. The Morgan fingerprint density at radius 2 is 1.73 bits per heavy atom. The van der Waals surface area contributed by atoms with E-state index in [1.165, 1.54) is 0 Å². The second-order valence-electron chi connectivity index (χ2n) is 10.1. The number of hydrogen-bond donors (Lipinski definition) is 2. The smallest absolute Gasteiger partial charge is 0.322 e. The van der Waals surface area contributed by atoms with Gasteiger partial charge in [0.05, 0.1) is 11.3 Å². The molecule has 40 heavy (non-hydrogen) atoms. The number of amides is 2. The molecule has 2 aromatic carbocycles. The van der Waals surface area contributed by atoms with Crippen molar-refractivity contribution >= 4 is 17.5 Å². The molecule has 2 aromatic heterocycles. The van der Waals surface area contributed by atoms with E-state index in [2.05, 4.69) is 21.7 Å². The summed E-state index contributed by atoms with van der Waals surface area (Å²) in [6.07, 6.45) is 5.02. The lowest BCUT2D eigenvalue weighted by Gasteiger charge is -2.37. The fourth-order valence-electron chi connectivity index (χ4n) is 5.23. The van der Waals surface area contributed by atoms with E-state index in [9.17, 15) is 9.59 Å². The molecule has 0 bridgehead atoms. The molecule has 2 amide bonds. The first-order valence-corrected chi connectivity index (χ1v) is 13.5. The molecule has 0 atom stereocenters. The average molecular weight is 533 g/mol. The van der Waals surface area contributed by atoms with Crippen LogP contribution in [-0.4, -0.2) is 27.7 Å². The molecule has 0 radical (unpaired) electrons. The van der Waals surface area contributed by atoms with Crippen molar-refractivity contribution in [3.8, 4) is 17.3 Å². The van der Waals surface area contributed by atoms with Crippen LogP contribution in [-0.2, 0) is 13.6 Å². The largest absolute Gasteiger partial charge is 0.367 e. The van der Waals surface area contributed by atoms with Gasteiger partial charge in [-0.15, -0.1) is 0 Å². The van der Waals surface area contributed by atoms with Gasteiger partial charge >= 0.3 is 6.03 Å². The molecule has 5 rings (SSSR count). The Morgan fingerprint density at radius 1 is 0.975 bits per heavy atom. The second kappa shape index (κ2) is 12.3. The minimum Gasteiger partial charge on any atom is -0.367 e. The van der Waals surface area contributed by atoms with Crippen LogP contribution in [0, 0.1) is 11.3 Å². The number of pyridine rings is 2. The van der Waals surface area contributed by atoms with Gasteiger partial charge in [-0.1, -0.05) is 48.5 Å². The molecule has 0 saturated heterocycles. The number of nitrogens with zero attached hydrogens (tertiary/aromatic N) is 4. The summed E-state index contributed by atoms with van der Waals surface area (Å²) in [6, 6.07) is 28.8. The number of hydrogen-bond acceptors (Lipinski definition) is 5. The molecule has 202 valence electrons. The van der Waals surface area contributed by atoms with E-state index >= 15 is 0 Å². The van der Waals surface area contributed by atoms with Crippen LogP contribution in [0.5, 0.6) is 0 Å². The van der Waals surface area contributed by atoms with Crippen LogP contribution in [0.4, 0.5) is 16.3 Å². The van der Waals surface area contributed by atoms with E-state index in [-0.39, 0.29) is 23.7 Å². The normalized spacial score (nSPS) is 16.5. The molecule has 8 heteroatoms. The zero-order chi connectivity index (χ0) is 27.9. The lowest BCUT2D eigenvalue weighted by molar-refractivity contribution is 0.240. The van der Waals surface area contributed by atoms with Gasteiger partial charge < -0.3 is 15.2 Å². The van der Waals surface area contributed by atoms with Crippen LogP contribution in [0.1, 0.15) is 36.8 Å². The standard InChI is InChI=1S/C32H32N6O2/c1-37-29(8-5-9-31(37)39)25-11-15-27(16-12-25)38(32(40)35-21-23-6-3-2-4-7-23)28-17-13-26(14-18-28)36-30-19-10-24(20-33)22-34-30/h2-12,15-16,19,22,26,28H,13-14,17-18,21H2,1H3,(H,34,36)(H,35,40). The summed E-state index contributed by atoms with van der Waals surface area (Å²) in [6.45, 7) is 0.446. The summed E-state index contributed by atoms with van der Waals surface area (Å²) < 4.78 is 1.62. The van der Waals surface area contributed by atoms with Gasteiger partial charge in [-0.3, -0.25) is 9.69 Å². The van der Waals surface area contributed by atoms with E-state index in [0.717, 1.165) is 54.0 Å². The highest BCUT2D eigenvalue weighted by atomic mass is 16.2. The van der Waals surface area contributed by atoms with E-state index in [1.807, 2.05) is 71.6 Å². The number of urea groups is 1. The van der Waals surface area contributed by atoms with E-state index in [0.29, 0.717) is 12.1 Å². The number of carbonyl (C=O) groups excluding carboxylic acids is 1. The summed E-state index contributed by atoms with van der Waals surface area (Å²) in [5.74, 6) is 0.755. The Kier molecular flexibility index (Phi) is 8.21. The Bertz CT molecular complexity index is 1530. The topological polar surface area (TPSA) is 103 Å². The van der Waals surface area contributed by atoms with Gasteiger partial charge in [-0.05, 0) is 67.1 Å². The van der Waals surface area contributed by atoms with Gasteiger partial charge in [0.25, 0.3) is 5.56 Å². The molecular weight excluding hydrogens is 500 g/mol. The van der Waals surface area contributed by atoms with Crippen molar-refractivity contribution in [2.75, 3.05) is 10.2 Å². The number of aromatic nitrogens is 2. The first-order valence-electron chi connectivity index (χ1n) is 13.5. The first-order chi connectivity index (χ1) is 19.5. The monoisotopic (exact) mass is 532 g/mol. The third kappa shape index (κ3) is 6.21. The Balaban J connectivity index is 1.32. The lowest BCUT2D eigenvalue weighted by atomic mass is 9.89. The summed E-state index contributed by atoms with van der Waals surface area (Å²) in [7, 11) is 1.76. The molecule has 2 heterocycles. The molecule has 0 unspecified atom stereocenters. The van der Waals surface area contributed by atoms with Crippen molar-refractivity contribution in [1.29, 1.82) is 5.26 Å². The van der Waals surface area contributed by atoms with Crippen LogP contribution in [0.3, 0.4) is 0 Å². The molecule has 4 aromatic rings. The van der Waals surface area contributed by atoms with Crippen LogP contribution < -0.4 is 21.1 Å². The summed E-state index contributed by atoms with van der Waals surface area (Å²) in [4.78, 5) is 32.0. The maximum atomic E-state index is 13.6. The predicted octanol–water partition coefficient (Wildman–Crippen LogP) is 5.46. The predicted molar refractivity (Wildman–Crippen MR) is 157 cm³/mol. The van der Waals surface area contributed by atoms with E-state index in [4.69, 9.17) is 5.26 Å². The van der Waals surface area contributed by atoms with Crippen molar-refractivity contribution < 1.29 is 4.79 Å². The van der Waals surface area contributed by atoms with Crippen LogP contribution >= 0.6 is 0 Å². The van der Waals surface area contributed by atoms with Gasteiger partial charge in [-0.25, -0.2) is 9.78 Å². The molecule has 1 aliphatic carbocycles.